The van der Waals surface area contributed by atoms with Crippen LogP contribution in [0.4, 0.5) is 4.79 Å². The summed E-state index contributed by atoms with van der Waals surface area (Å²) in [5.74, 6) is 3.00. The molecule has 3 fully saturated rings. The van der Waals surface area contributed by atoms with Crippen molar-refractivity contribution in [3.05, 3.63) is 18.5 Å². The van der Waals surface area contributed by atoms with Gasteiger partial charge in [0.15, 0.2) is 0 Å². The van der Waals surface area contributed by atoms with Crippen LogP contribution in [0.1, 0.15) is 12.8 Å². The van der Waals surface area contributed by atoms with E-state index in [-0.39, 0.29) is 6.09 Å². The number of methoxy groups -OCH3 is 1. The molecular weight excluding hydrogens is 292 g/mol. The van der Waals surface area contributed by atoms with Gasteiger partial charge < -0.3 is 14.5 Å². The number of piperidine rings is 2. The number of ether oxygens (including phenoxy) is 1. The molecule has 6 heteroatoms. The minimum absolute atomic E-state index is 0.157. The highest BCUT2D eigenvalue weighted by atomic mass is 16.5. The fourth-order valence-corrected chi connectivity index (χ4v) is 4.52. The van der Waals surface area contributed by atoms with Gasteiger partial charge in [-0.2, -0.15) is 5.10 Å². The number of carbonyl (C=O) groups is 1. The second-order valence-electron chi connectivity index (χ2n) is 7.34. The van der Waals surface area contributed by atoms with Gasteiger partial charge in [0.1, 0.15) is 0 Å². The molecule has 0 N–H and O–H groups in total. The number of nitrogens with zero attached hydrogens (tertiary/aromatic N) is 4. The number of amides is 1. The van der Waals surface area contributed by atoms with Crippen molar-refractivity contribution in [3.8, 4) is 0 Å². The van der Waals surface area contributed by atoms with Gasteiger partial charge in [-0.1, -0.05) is 0 Å². The molecule has 3 atom stereocenters. The van der Waals surface area contributed by atoms with Gasteiger partial charge in [-0.25, -0.2) is 4.79 Å². The number of fused-ring (bicyclic) bond motifs is 1. The van der Waals surface area contributed by atoms with Crippen molar-refractivity contribution in [3.63, 3.8) is 0 Å². The van der Waals surface area contributed by atoms with Gasteiger partial charge in [-0.15, -0.1) is 0 Å². The summed E-state index contributed by atoms with van der Waals surface area (Å²) in [6, 6.07) is 2.00. The zero-order valence-electron chi connectivity index (χ0n) is 13.8. The normalized spacial score (nSPS) is 31.2. The van der Waals surface area contributed by atoms with Crippen LogP contribution in [-0.4, -0.2) is 65.5 Å². The van der Waals surface area contributed by atoms with Crippen LogP contribution < -0.4 is 0 Å². The summed E-state index contributed by atoms with van der Waals surface area (Å²) < 4.78 is 6.87. The molecule has 1 aliphatic carbocycles. The molecule has 2 aliphatic heterocycles. The predicted octanol–water partition coefficient (Wildman–Crippen LogP) is 1.54. The molecule has 0 aromatic carbocycles. The fraction of sp³-hybridized carbons (Fsp3) is 0.765. The summed E-state index contributed by atoms with van der Waals surface area (Å²) in [7, 11) is 1.47. The molecule has 1 unspecified atom stereocenters. The highest BCUT2D eigenvalue weighted by Crippen LogP contribution is 2.52. The van der Waals surface area contributed by atoms with Gasteiger partial charge >= 0.3 is 6.09 Å². The first-order valence-corrected chi connectivity index (χ1v) is 8.77. The molecular formula is C17H26N4O2. The van der Waals surface area contributed by atoms with Gasteiger partial charge in [-0.3, -0.25) is 4.68 Å². The van der Waals surface area contributed by atoms with Crippen LogP contribution in [0.5, 0.6) is 0 Å². The zero-order valence-corrected chi connectivity index (χ0v) is 13.8. The van der Waals surface area contributed by atoms with Crippen LogP contribution in [0, 0.1) is 23.7 Å². The van der Waals surface area contributed by atoms with E-state index in [1.165, 1.54) is 39.6 Å². The minimum Gasteiger partial charge on any atom is -0.453 e. The van der Waals surface area contributed by atoms with E-state index in [1.807, 2.05) is 17.2 Å². The van der Waals surface area contributed by atoms with Gasteiger partial charge in [0, 0.05) is 38.6 Å². The van der Waals surface area contributed by atoms with E-state index in [4.69, 9.17) is 4.74 Å². The summed E-state index contributed by atoms with van der Waals surface area (Å²) >= 11 is 0. The van der Waals surface area contributed by atoms with Crippen molar-refractivity contribution < 1.29 is 9.53 Å². The van der Waals surface area contributed by atoms with Crippen molar-refractivity contribution in [2.24, 2.45) is 23.7 Å². The Kier molecular flexibility index (Phi) is 4.01. The monoisotopic (exact) mass is 318 g/mol. The highest BCUT2D eigenvalue weighted by molar-refractivity contribution is 5.68. The summed E-state index contributed by atoms with van der Waals surface area (Å²) in [6.45, 7) is 6.50. The van der Waals surface area contributed by atoms with Gasteiger partial charge in [-0.05, 0) is 55.7 Å². The SMILES string of the molecule is COC(=O)N1C[C@@H]2C(CN3CCC(Cn4cccn4)CC3)[C@@H]2C1. The van der Waals surface area contributed by atoms with Crippen molar-refractivity contribution in [1.29, 1.82) is 0 Å². The van der Waals surface area contributed by atoms with Gasteiger partial charge in [0.25, 0.3) is 0 Å². The van der Waals surface area contributed by atoms with E-state index in [2.05, 4.69) is 20.9 Å². The van der Waals surface area contributed by atoms with Crippen molar-refractivity contribution in [2.45, 2.75) is 19.4 Å². The maximum atomic E-state index is 11.5. The molecule has 3 aliphatic rings. The average molecular weight is 318 g/mol. The van der Waals surface area contributed by atoms with E-state index in [9.17, 15) is 4.79 Å². The number of carbonyl (C=O) groups excluding carboxylic acids is 1. The third-order valence-corrected chi connectivity index (χ3v) is 5.98. The molecule has 1 saturated carbocycles. The van der Waals surface area contributed by atoms with Crippen LogP contribution in [0.15, 0.2) is 18.5 Å². The molecule has 6 nitrogen and oxygen atoms in total. The maximum Gasteiger partial charge on any atom is 0.409 e. The Morgan fingerprint density at radius 2 is 1.96 bits per heavy atom. The standard InChI is InChI=1S/C17H26N4O2/c1-23-17(22)20-11-15-14(16(15)12-20)10-19-7-3-13(4-8-19)9-21-6-2-5-18-21/h2,5-6,13-16H,3-4,7-12H2,1H3/t14?,15-,16+. The lowest BCUT2D eigenvalue weighted by molar-refractivity contribution is 0.121. The average Bonchev–Trinajstić information content (AvgIpc) is 3.00. The van der Waals surface area contributed by atoms with Crippen LogP contribution >= 0.6 is 0 Å². The van der Waals surface area contributed by atoms with Crippen LogP contribution in [0.3, 0.4) is 0 Å². The van der Waals surface area contributed by atoms with Crippen molar-refractivity contribution in [2.75, 3.05) is 39.8 Å². The first-order valence-electron chi connectivity index (χ1n) is 8.77. The lowest BCUT2D eigenvalue weighted by Gasteiger charge is -2.32. The Balaban J connectivity index is 1.18. The maximum absolute atomic E-state index is 11.5. The number of hydrogen-bond acceptors (Lipinski definition) is 4. The molecule has 1 amide bonds. The van der Waals surface area contributed by atoms with E-state index in [1.54, 1.807) is 0 Å². The molecule has 1 aromatic heterocycles. The first kappa shape index (κ1) is 15.0. The summed E-state index contributed by atoms with van der Waals surface area (Å²) in [6.07, 6.45) is 6.31. The Hall–Kier alpha value is -1.56. The summed E-state index contributed by atoms with van der Waals surface area (Å²) in [5, 5.41) is 4.32. The largest absolute Gasteiger partial charge is 0.453 e. The lowest BCUT2D eigenvalue weighted by atomic mass is 9.96. The quantitative estimate of drug-likeness (QED) is 0.845. The number of aromatic nitrogens is 2. The topological polar surface area (TPSA) is 50.6 Å². The molecule has 23 heavy (non-hydrogen) atoms. The smallest absolute Gasteiger partial charge is 0.409 e. The van der Waals surface area contributed by atoms with E-state index >= 15 is 0 Å². The predicted molar refractivity (Wildman–Crippen MR) is 85.8 cm³/mol. The van der Waals surface area contributed by atoms with E-state index in [0.717, 1.165) is 43.3 Å². The number of likely N-dealkylation sites (tertiary alicyclic amines) is 2. The summed E-state index contributed by atoms with van der Waals surface area (Å²) in [5.41, 5.74) is 0. The molecule has 126 valence electrons. The molecule has 0 radical (unpaired) electrons. The summed E-state index contributed by atoms with van der Waals surface area (Å²) in [4.78, 5) is 16.0. The number of rotatable bonds is 4. The third-order valence-electron chi connectivity index (χ3n) is 5.98. The molecule has 1 aromatic rings. The lowest BCUT2D eigenvalue weighted by Crippen LogP contribution is -2.38. The molecule has 0 spiro atoms. The van der Waals surface area contributed by atoms with Gasteiger partial charge in [0.2, 0.25) is 0 Å². The van der Waals surface area contributed by atoms with Crippen LogP contribution in [0.2, 0.25) is 0 Å². The molecule has 0 bridgehead atoms. The first-order chi connectivity index (χ1) is 11.2. The number of hydrogen-bond donors (Lipinski definition) is 0. The Labute approximate surface area is 137 Å². The third kappa shape index (κ3) is 3.09. The van der Waals surface area contributed by atoms with Crippen LogP contribution in [0.25, 0.3) is 0 Å². The second kappa shape index (κ2) is 6.15. The molecule has 2 saturated heterocycles. The second-order valence-corrected chi connectivity index (χ2v) is 7.34. The highest BCUT2D eigenvalue weighted by Gasteiger charge is 2.56. The Bertz CT molecular complexity index is 527. The molecule has 4 rings (SSSR count). The van der Waals surface area contributed by atoms with Crippen molar-refractivity contribution in [1.82, 2.24) is 19.6 Å². The Morgan fingerprint density at radius 1 is 1.22 bits per heavy atom. The van der Waals surface area contributed by atoms with Crippen LogP contribution in [-0.2, 0) is 11.3 Å². The fourth-order valence-electron chi connectivity index (χ4n) is 4.52. The van der Waals surface area contributed by atoms with E-state index < -0.39 is 0 Å². The Morgan fingerprint density at radius 3 is 2.57 bits per heavy atom. The zero-order chi connectivity index (χ0) is 15.8. The van der Waals surface area contributed by atoms with Gasteiger partial charge in [0.05, 0.1) is 7.11 Å². The van der Waals surface area contributed by atoms with Crippen molar-refractivity contribution >= 4 is 6.09 Å². The minimum atomic E-state index is -0.157. The molecule has 3 heterocycles. The van der Waals surface area contributed by atoms with E-state index in [0.29, 0.717) is 0 Å².